The molecule has 3 aromatic rings. The highest BCUT2D eigenvalue weighted by Crippen LogP contribution is 2.25. The molecule has 0 aliphatic rings. The lowest BCUT2D eigenvalue weighted by Gasteiger charge is -2.10. The van der Waals surface area contributed by atoms with E-state index in [4.69, 9.17) is 13.9 Å². The molecule has 24 heavy (non-hydrogen) atoms. The van der Waals surface area contributed by atoms with Crippen molar-refractivity contribution in [3.05, 3.63) is 58.1 Å². The number of methoxy groups -OCH3 is 2. The Morgan fingerprint density at radius 3 is 2.67 bits per heavy atom. The second-order valence-corrected chi connectivity index (χ2v) is 5.42. The predicted molar refractivity (Wildman–Crippen MR) is 88.8 cm³/mol. The molecule has 0 saturated heterocycles. The molecule has 3 rings (SSSR count). The average Bonchev–Trinajstić information content (AvgIpc) is 2.94. The molecule has 0 aliphatic heterocycles. The Bertz CT molecular complexity index is 938. The van der Waals surface area contributed by atoms with Crippen LogP contribution in [0, 0.1) is 0 Å². The Morgan fingerprint density at radius 1 is 1.08 bits per heavy atom. The standard InChI is InChI=1S/C18H17NO5/c1-22-14-5-4-12(16(10-14)23-2)9-13(20)7-11-3-6-15-17(8-11)24-18(21)19-15/h3-6,8,10H,7,9H2,1-2H3,(H,19,21). The number of ketones is 1. The zero-order chi connectivity index (χ0) is 17.1. The number of aromatic amines is 1. The number of nitrogens with one attached hydrogen (secondary N) is 1. The van der Waals surface area contributed by atoms with Crippen LogP contribution in [-0.2, 0) is 17.6 Å². The second kappa shape index (κ2) is 6.62. The number of oxazole rings is 1. The fourth-order valence-electron chi connectivity index (χ4n) is 2.60. The molecule has 0 aliphatic carbocycles. The Labute approximate surface area is 138 Å². The third kappa shape index (κ3) is 3.32. The number of hydrogen-bond donors (Lipinski definition) is 1. The van der Waals surface area contributed by atoms with Crippen LogP contribution in [0.2, 0.25) is 0 Å². The van der Waals surface area contributed by atoms with Gasteiger partial charge in [-0.05, 0) is 23.8 Å². The molecule has 0 saturated carbocycles. The maximum absolute atomic E-state index is 12.4. The third-order valence-corrected chi connectivity index (χ3v) is 3.77. The zero-order valence-corrected chi connectivity index (χ0v) is 13.4. The number of H-pyrrole nitrogens is 1. The van der Waals surface area contributed by atoms with E-state index in [1.165, 1.54) is 0 Å². The van der Waals surface area contributed by atoms with Crippen LogP contribution in [0.25, 0.3) is 11.1 Å². The summed E-state index contributed by atoms with van der Waals surface area (Å²) in [6.07, 6.45) is 0.502. The van der Waals surface area contributed by atoms with Gasteiger partial charge in [0.1, 0.15) is 17.3 Å². The van der Waals surface area contributed by atoms with Crippen LogP contribution in [0.3, 0.4) is 0 Å². The SMILES string of the molecule is COc1ccc(CC(=O)Cc2ccc3[nH]c(=O)oc3c2)c(OC)c1. The van der Waals surface area contributed by atoms with E-state index in [2.05, 4.69) is 4.98 Å². The summed E-state index contributed by atoms with van der Waals surface area (Å²) in [6, 6.07) is 10.6. The molecular formula is C18H17NO5. The Kier molecular flexibility index (Phi) is 4.37. The van der Waals surface area contributed by atoms with E-state index in [-0.39, 0.29) is 18.6 Å². The van der Waals surface area contributed by atoms with Crippen LogP contribution in [0.1, 0.15) is 11.1 Å². The fraction of sp³-hybridized carbons (Fsp3) is 0.222. The topological polar surface area (TPSA) is 81.5 Å². The number of hydrogen-bond acceptors (Lipinski definition) is 5. The highest BCUT2D eigenvalue weighted by Gasteiger charge is 2.12. The second-order valence-electron chi connectivity index (χ2n) is 5.42. The van der Waals surface area contributed by atoms with Crippen molar-refractivity contribution in [1.82, 2.24) is 4.98 Å². The van der Waals surface area contributed by atoms with E-state index in [0.29, 0.717) is 22.6 Å². The number of fused-ring (bicyclic) bond motifs is 1. The molecule has 6 heteroatoms. The van der Waals surface area contributed by atoms with Crippen LogP contribution < -0.4 is 15.2 Å². The summed E-state index contributed by atoms with van der Waals surface area (Å²) in [5, 5.41) is 0. The van der Waals surface area contributed by atoms with Crippen molar-refractivity contribution in [2.75, 3.05) is 14.2 Å². The molecule has 0 spiro atoms. The van der Waals surface area contributed by atoms with Crippen molar-refractivity contribution in [2.45, 2.75) is 12.8 Å². The number of Topliss-reactive ketones (excluding diaryl/α,β-unsaturated/α-hetero) is 1. The number of carbonyl (C=O) groups excluding carboxylic acids is 1. The van der Waals surface area contributed by atoms with Gasteiger partial charge in [0.05, 0.1) is 19.7 Å². The first-order valence-corrected chi connectivity index (χ1v) is 7.43. The largest absolute Gasteiger partial charge is 0.497 e. The van der Waals surface area contributed by atoms with Crippen LogP contribution in [0.4, 0.5) is 0 Å². The van der Waals surface area contributed by atoms with E-state index in [0.717, 1.165) is 11.1 Å². The van der Waals surface area contributed by atoms with Crippen molar-refractivity contribution in [3.8, 4) is 11.5 Å². The first-order valence-electron chi connectivity index (χ1n) is 7.43. The summed E-state index contributed by atoms with van der Waals surface area (Å²) >= 11 is 0. The molecule has 2 aromatic carbocycles. The molecular weight excluding hydrogens is 310 g/mol. The average molecular weight is 327 g/mol. The Hall–Kier alpha value is -3.02. The fourth-order valence-corrected chi connectivity index (χ4v) is 2.60. The summed E-state index contributed by atoms with van der Waals surface area (Å²) in [5.74, 6) is 0.831. The van der Waals surface area contributed by atoms with Gasteiger partial charge in [0, 0.05) is 24.5 Å². The first-order chi connectivity index (χ1) is 11.6. The van der Waals surface area contributed by atoms with E-state index < -0.39 is 5.76 Å². The summed E-state index contributed by atoms with van der Waals surface area (Å²) in [4.78, 5) is 26.1. The van der Waals surface area contributed by atoms with Crippen molar-refractivity contribution < 1.29 is 18.7 Å². The molecule has 0 fully saturated rings. The first kappa shape index (κ1) is 15.9. The lowest BCUT2D eigenvalue weighted by atomic mass is 10.0. The Balaban J connectivity index is 1.75. The van der Waals surface area contributed by atoms with Crippen LogP contribution >= 0.6 is 0 Å². The van der Waals surface area contributed by atoms with Crippen molar-refractivity contribution >= 4 is 16.9 Å². The Morgan fingerprint density at radius 2 is 1.92 bits per heavy atom. The zero-order valence-electron chi connectivity index (χ0n) is 13.4. The molecule has 0 atom stereocenters. The highest BCUT2D eigenvalue weighted by molar-refractivity contribution is 5.85. The third-order valence-electron chi connectivity index (χ3n) is 3.77. The monoisotopic (exact) mass is 327 g/mol. The number of benzene rings is 2. The predicted octanol–water partition coefficient (Wildman–Crippen LogP) is 2.49. The normalized spacial score (nSPS) is 10.8. The molecule has 124 valence electrons. The summed E-state index contributed by atoms with van der Waals surface area (Å²) in [7, 11) is 3.14. The van der Waals surface area contributed by atoms with Gasteiger partial charge in [-0.2, -0.15) is 0 Å². The van der Waals surface area contributed by atoms with Crippen molar-refractivity contribution in [2.24, 2.45) is 0 Å². The van der Waals surface area contributed by atoms with Crippen molar-refractivity contribution in [1.29, 1.82) is 0 Å². The van der Waals surface area contributed by atoms with E-state index >= 15 is 0 Å². The number of ether oxygens (including phenoxy) is 2. The molecule has 0 bridgehead atoms. The smallest absolute Gasteiger partial charge is 0.417 e. The molecule has 1 heterocycles. The minimum atomic E-state index is -0.503. The summed E-state index contributed by atoms with van der Waals surface area (Å²) in [5.41, 5.74) is 2.67. The van der Waals surface area contributed by atoms with E-state index in [1.54, 1.807) is 44.6 Å². The van der Waals surface area contributed by atoms with Crippen LogP contribution in [0.5, 0.6) is 11.5 Å². The lowest BCUT2D eigenvalue weighted by Crippen LogP contribution is -2.07. The van der Waals surface area contributed by atoms with Gasteiger partial charge < -0.3 is 13.9 Å². The van der Waals surface area contributed by atoms with Gasteiger partial charge in [-0.3, -0.25) is 9.78 Å². The number of rotatable bonds is 6. The van der Waals surface area contributed by atoms with Gasteiger partial charge in [-0.1, -0.05) is 12.1 Å². The van der Waals surface area contributed by atoms with E-state index in [9.17, 15) is 9.59 Å². The maximum atomic E-state index is 12.4. The summed E-state index contributed by atoms with van der Waals surface area (Å²) in [6.45, 7) is 0. The molecule has 1 N–H and O–H groups in total. The number of aromatic nitrogens is 1. The van der Waals surface area contributed by atoms with Gasteiger partial charge in [0.2, 0.25) is 0 Å². The van der Waals surface area contributed by atoms with Crippen LogP contribution in [-0.4, -0.2) is 25.0 Å². The lowest BCUT2D eigenvalue weighted by molar-refractivity contribution is -0.117. The van der Waals surface area contributed by atoms with Gasteiger partial charge in [-0.15, -0.1) is 0 Å². The minimum Gasteiger partial charge on any atom is -0.497 e. The van der Waals surface area contributed by atoms with Gasteiger partial charge in [0.15, 0.2) is 5.58 Å². The molecule has 6 nitrogen and oxygen atoms in total. The maximum Gasteiger partial charge on any atom is 0.417 e. The van der Waals surface area contributed by atoms with Crippen LogP contribution in [0.15, 0.2) is 45.6 Å². The van der Waals surface area contributed by atoms with E-state index in [1.807, 2.05) is 6.07 Å². The van der Waals surface area contributed by atoms with Gasteiger partial charge in [-0.25, -0.2) is 4.79 Å². The quantitative estimate of drug-likeness (QED) is 0.752. The number of carbonyl (C=O) groups is 1. The summed E-state index contributed by atoms with van der Waals surface area (Å²) < 4.78 is 15.5. The highest BCUT2D eigenvalue weighted by atomic mass is 16.5. The van der Waals surface area contributed by atoms with Crippen molar-refractivity contribution in [3.63, 3.8) is 0 Å². The minimum absolute atomic E-state index is 0.0377. The molecule has 0 unspecified atom stereocenters. The molecule has 0 amide bonds. The molecule has 0 radical (unpaired) electrons. The van der Waals surface area contributed by atoms with Gasteiger partial charge in [0.25, 0.3) is 0 Å². The molecule has 1 aromatic heterocycles. The van der Waals surface area contributed by atoms with Gasteiger partial charge >= 0.3 is 5.76 Å².